The molecule has 0 amide bonds. The number of para-hydroxylation sites is 1. The molecule has 20 heavy (non-hydrogen) atoms. The molecule has 1 saturated carbocycles. The van der Waals surface area contributed by atoms with E-state index in [0.29, 0.717) is 13.0 Å². The highest BCUT2D eigenvalue weighted by atomic mass is 16.5. The minimum atomic E-state index is -0.981. The lowest BCUT2D eigenvalue weighted by atomic mass is 10.0. The van der Waals surface area contributed by atoms with Gasteiger partial charge in [-0.05, 0) is 24.0 Å². The minimum absolute atomic E-state index is 0.301. The zero-order valence-corrected chi connectivity index (χ0v) is 11.8. The van der Waals surface area contributed by atoms with Gasteiger partial charge in [-0.25, -0.2) is 0 Å². The first kappa shape index (κ1) is 14.9. The van der Waals surface area contributed by atoms with Crippen molar-refractivity contribution in [2.75, 3.05) is 6.61 Å². The van der Waals surface area contributed by atoms with Crippen LogP contribution < -0.4 is 10.5 Å². The Morgan fingerprint density at radius 2 is 2.05 bits per heavy atom. The molecular weight excluding hydrogens is 254 g/mol. The summed E-state index contributed by atoms with van der Waals surface area (Å²) in [5.41, 5.74) is 6.46. The Morgan fingerprint density at radius 3 is 2.75 bits per heavy atom. The molecule has 0 aromatic heterocycles. The fraction of sp³-hybridized carbons (Fsp3) is 0.562. The molecule has 3 N–H and O–H groups in total. The topological polar surface area (TPSA) is 72.5 Å². The van der Waals surface area contributed by atoms with E-state index in [-0.39, 0.29) is 0 Å². The van der Waals surface area contributed by atoms with Crippen molar-refractivity contribution in [3.05, 3.63) is 29.8 Å². The number of carbonyl (C=O) groups is 1. The van der Waals surface area contributed by atoms with Gasteiger partial charge in [0.1, 0.15) is 11.8 Å². The second kappa shape index (κ2) is 7.29. The van der Waals surface area contributed by atoms with Gasteiger partial charge in [0.15, 0.2) is 0 Å². The molecule has 0 saturated heterocycles. The number of carboxylic acid groups (broad SMARTS) is 1. The van der Waals surface area contributed by atoms with Crippen LogP contribution in [0, 0.1) is 5.92 Å². The van der Waals surface area contributed by atoms with Crippen LogP contribution >= 0.6 is 0 Å². The number of rotatable bonds is 7. The van der Waals surface area contributed by atoms with E-state index in [1.807, 2.05) is 24.3 Å². The summed E-state index contributed by atoms with van der Waals surface area (Å²) >= 11 is 0. The average Bonchev–Trinajstić information content (AvgIpc) is 2.93. The first-order valence-electron chi connectivity index (χ1n) is 7.36. The Morgan fingerprint density at radius 1 is 1.35 bits per heavy atom. The number of nitrogens with two attached hydrogens (primary N) is 1. The lowest BCUT2D eigenvalue weighted by Crippen LogP contribution is -2.32. The van der Waals surface area contributed by atoms with Crippen molar-refractivity contribution in [3.8, 4) is 5.75 Å². The quantitative estimate of drug-likeness (QED) is 0.803. The second-order valence-corrected chi connectivity index (χ2v) is 5.54. The summed E-state index contributed by atoms with van der Waals surface area (Å²) in [6.45, 7) is 0.698. The molecule has 0 aliphatic heterocycles. The predicted octanol–water partition coefficient (Wildman–Crippen LogP) is 2.60. The van der Waals surface area contributed by atoms with Crippen LogP contribution in [0.4, 0.5) is 0 Å². The van der Waals surface area contributed by atoms with Crippen LogP contribution in [-0.4, -0.2) is 23.7 Å². The Bertz CT molecular complexity index is 441. The summed E-state index contributed by atoms with van der Waals surface area (Å²) in [5, 5.41) is 8.89. The van der Waals surface area contributed by atoms with Crippen molar-refractivity contribution in [3.63, 3.8) is 0 Å². The summed E-state index contributed by atoms with van der Waals surface area (Å²) in [6.07, 6.45) is 6.70. The van der Waals surface area contributed by atoms with Crippen LogP contribution in [0.15, 0.2) is 24.3 Å². The molecule has 4 heteroatoms. The van der Waals surface area contributed by atoms with Gasteiger partial charge in [-0.2, -0.15) is 0 Å². The summed E-state index contributed by atoms with van der Waals surface area (Å²) in [5.74, 6) is 0.580. The standard InChI is InChI=1S/C16H23NO3/c17-14(16(18)19)11-13-7-3-4-8-15(13)20-10-9-12-5-1-2-6-12/h3-4,7-8,12,14H,1-2,5-6,9-11,17H2,(H,18,19). The van der Waals surface area contributed by atoms with E-state index in [1.54, 1.807) is 0 Å². The normalized spacial score (nSPS) is 17.1. The van der Waals surface area contributed by atoms with Gasteiger partial charge in [-0.3, -0.25) is 4.79 Å². The number of carboxylic acids is 1. The van der Waals surface area contributed by atoms with E-state index < -0.39 is 12.0 Å². The monoisotopic (exact) mass is 277 g/mol. The molecule has 1 aromatic rings. The summed E-state index contributed by atoms with van der Waals surface area (Å²) < 4.78 is 5.83. The maximum Gasteiger partial charge on any atom is 0.320 e. The number of aliphatic carboxylic acids is 1. The highest BCUT2D eigenvalue weighted by Crippen LogP contribution is 2.28. The van der Waals surface area contributed by atoms with E-state index in [2.05, 4.69) is 0 Å². The third kappa shape index (κ3) is 4.23. The van der Waals surface area contributed by atoms with Crippen molar-refractivity contribution in [1.29, 1.82) is 0 Å². The van der Waals surface area contributed by atoms with Gasteiger partial charge in [-0.1, -0.05) is 43.9 Å². The van der Waals surface area contributed by atoms with Gasteiger partial charge in [0.05, 0.1) is 6.61 Å². The first-order chi connectivity index (χ1) is 9.66. The van der Waals surface area contributed by atoms with E-state index in [4.69, 9.17) is 15.6 Å². The molecule has 0 spiro atoms. The van der Waals surface area contributed by atoms with Crippen molar-refractivity contribution in [2.45, 2.75) is 44.6 Å². The van der Waals surface area contributed by atoms with Gasteiger partial charge in [0.2, 0.25) is 0 Å². The number of benzene rings is 1. The fourth-order valence-corrected chi connectivity index (χ4v) is 2.77. The van der Waals surface area contributed by atoms with Gasteiger partial charge < -0.3 is 15.6 Å². The molecule has 4 nitrogen and oxygen atoms in total. The molecule has 110 valence electrons. The third-order valence-electron chi connectivity index (χ3n) is 3.99. The number of hydrogen-bond donors (Lipinski definition) is 2. The van der Waals surface area contributed by atoms with Crippen molar-refractivity contribution >= 4 is 5.97 Å². The maximum absolute atomic E-state index is 10.8. The molecule has 0 bridgehead atoms. The van der Waals surface area contributed by atoms with Crippen LogP contribution in [0.5, 0.6) is 5.75 Å². The highest BCUT2D eigenvalue weighted by molar-refractivity contribution is 5.73. The maximum atomic E-state index is 10.8. The Hall–Kier alpha value is -1.55. The van der Waals surface area contributed by atoms with E-state index in [0.717, 1.165) is 23.7 Å². The van der Waals surface area contributed by atoms with Crippen molar-refractivity contribution in [1.82, 2.24) is 0 Å². The average molecular weight is 277 g/mol. The zero-order chi connectivity index (χ0) is 14.4. The zero-order valence-electron chi connectivity index (χ0n) is 11.8. The van der Waals surface area contributed by atoms with Crippen LogP contribution in [0.25, 0.3) is 0 Å². The molecule has 0 heterocycles. The lowest BCUT2D eigenvalue weighted by molar-refractivity contribution is -0.138. The van der Waals surface area contributed by atoms with Gasteiger partial charge in [-0.15, -0.1) is 0 Å². The second-order valence-electron chi connectivity index (χ2n) is 5.54. The number of ether oxygens (including phenoxy) is 1. The van der Waals surface area contributed by atoms with E-state index >= 15 is 0 Å². The van der Waals surface area contributed by atoms with Gasteiger partial charge in [0.25, 0.3) is 0 Å². The van der Waals surface area contributed by atoms with Crippen LogP contribution in [0.2, 0.25) is 0 Å². The molecule has 1 aliphatic rings. The Balaban J connectivity index is 1.88. The molecule has 1 fully saturated rings. The molecule has 2 rings (SSSR count). The minimum Gasteiger partial charge on any atom is -0.493 e. The van der Waals surface area contributed by atoms with Crippen LogP contribution in [0.3, 0.4) is 0 Å². The summed E-state index contributed by atoms with van der Waals surface area (Å²) in [6, 6.07) is 6.68. The van der Waals surface area contributed by atoms with Crippen LogP contribution in [0.1, 0.15) is 37.7 Å². The summed E-state index contributed by atoms with van der Waals surface area (Å²) in [7, 11) is 0. The Kier molecular flexibility index (Phi) is 5.41. The van der Waals surface area contributed by atoms with Gasteiger partial charge >= 0.3 is 5.97 Å². The van der Waals surface area contributed by atoms with Crippen molar-refractivity contribution < 1.29 is 14.6 Å². The van der Waals surface area contributed by atoms with Crippen LogP contribution in [-0.2, 0) is 11.2 Å². The molecule has 1 unspecified atom stereocenters. The molecular formula is C16H23NO3. The molecule has 1 atom stereocenters. The number of hydrogen-bond acceptors (Lipinski definition) is 3. The van der Waals surface area contributed by atoms with E-state index in [9.17, 15) is 4.79 Å². The molecule has 0 radical (unpaired) electrons. The van der Waals surface area contributed by atoms with Gasteiger partial charge in [0, 0.05) is 6.42 Å². The summed E-state index contributed by atoms with van der Waals surface area (Å²) in [4.78, 5) is 10.8. The predicted molar refractivity (Wildman–Crippen MR) is 77.8 cm³/mol. The third-order valence-corrected chi connectivity index (χ3v) is 3.99. The smallest absolute Gasteiger partial charge is 0.320 e. The molecule has 1 aromatic carbocycles. The first-order valence-corrected chi connectivity index (χ1v) is 7.36. The SMILES string of the molecule is NC(Cc1ccccc1OCCC1CCCC1)C(=O)O. The molecule has 1 aliphatic carbocycles. The largest absolute Gasteiger partial charge is 0.493 e. The highest BCUT2D eigenvalue weighted by Gasteiger charge is 2.17. The Labute approximate surface area is 119 Å². The van der Waals surface area contributed by atoms with Crippen molar-refractivity contribution in [2.24, 2.45) is 11.7 Å². The fourth-order valence-electron chi connectivity index (χ4n) is 2.77. The lowest BCUT2D eigenvalue weighted by Gasteiger charge is -2.14. The van der Waals surface area contributed by atoms with E-state index in [1.165, 1.54) is 25.7 Å².